The second-order valence-electron chi connectivity index (χ2n) is 5.49. The van der Waals surface area contributed by atoms with Crippen LogP contribution < -0.4 is 10.1 Å². The van der Waals surface area contributed by atoms with Crippen LogP contribution in [0.2, 0.25) is 0 Å². The van der Waals surface area contributed by atoms with Crippen molar-refractivity contribution in [3.8, 4) is 5.75 Å². The number of carboxylic acid groups (broad SMARTS) is 1. The van der Waals surface area contributed by atoms with E-state index in [1.54, 1.807) is 18.7 Å². The lowest BCUT2D eigenvalue weighted by Gasteiger charge is -2.18. The molecule has 1 unspecified atom stereocenters. The summed E-state index contributed by atoms with van der Waals surface area (Å²) >= 11 is 1.64. The molecular weight excluding hydrogens is 302 g/mol. The number of hydrogen-bond acceptors (Lipinski definition) is 4. The third-order valence-corrected chi connectivity index (χ3v) is 4.61. The standard InChI is InChI=1S/C16H21NO4S/c1-10(21-13-5-7-14(22-2)8-6-13)15(18)17-12-4-3-11(9-12)16(19)20/h5-8,10-12H,3-4,9H2,1-2H3,(H,17,18)(H,19,20)/t10?,11-,12+/m1/s1. The topological polar surface area (TPSA) is 75.6 Å². The van der Waals surface area contributed by atoms with E-state index >= 15 is 0 Å². The molecule has 0 spiro atoms. The molecule has 120 valence electrons. The number of carbonyl (C=O) groups excluding carboxylic acids is 1. The summed E-state index contributed by atoms with van der Waals surface area (Å²) < 4.78 is 5.62. The average molecular weight is 323 g/mol. The van der Waals surface area contributed by atoms with E-state index in [4.69, 9.17) is 9.84 Å². The highest BCUT2D eigenvalue weighted by Gasteiger charge is 2.31. The Morgan fingerprint density at radius 3 is 2.55 bits per heavy atom. The minimum absolute atomic E-state index is 0.0708. The predicted molar refractivity (Wildman–Crippen MR) is 85.2 cm³/mol. The minimum atomic E-state index is -0.782. The summed E-state index contributed by atoms with van der Waals surface area (Å²) in [6, 6.07) is 7.49. The Labute approximate surface area is 134 Å². The normalized spacial score (nSPS) is 22.1. The van der Waals surface area contributed by atoms with Crippen LogP contribution in [0, 0.1) is 5.92 Å². The maximum atomic E-state index is 12.1. The van der Waals surface area contributed by atoms with Gasteiger partial charge in [-0.15, -0.1) is 11.8 Å². The van der Waals surface area contributed by atoms with E-state index in [0.29, 0.717) is 25.0 Å². The van der Waals surface area contributed by atoms with Gasteiger partial charge in [-0.25, -0.2) is 0 Å². The molecule has 6 heteroatoms. The lowest BCUT2D eigenvalue weighted by Crippen LogP contribution is -2.41. The van der Waals surface area contributed by atoms with Crippen molar-refractivity contribution >= 4 is 23.6 Å². The van der Waals surface area contributed by atoms with Crippen molar-refractivity contribution in [2.45, 2.75) is 43.2 Å². The number of ether oxygens (including phenoxy) is 1. The number of carbonyl (C=O) groups is 2. The van der Waals surface area contributed by atoms with Crippen molar-refractivity contribution in [3.63, 3.8) is 0 Å². The van der Waals surface area contributed by atoms with Gasteiger partial charge in [-0.2, -0.15) is 0 Å². The van der Waals surface area contributed by atoms with E-state index in [9.17, 15) is 9.59 Å². The second kappa shape index (κ2) is 7.54. The van der Waals surface area contributed by atoms with Crippen molar-refractivity contribution in [2.24, 2.45) is 5.92 Å². The number of amides is 1. The fourth-order valence-electron chi connectivity index (χ4n) is 2.57. The Morgan fingerprint density at radius 1 is 1.32 bits per heavy atom. The first kappa shape index (κ1) is 16.7. The van der Waals surface area contributed by atoms with E-state index in [1.165, 1.54) is 0 Å². The predicted octanol–water partition coefficient (Wildman–Crippen LogP) is 2.55. The zero-order chi connectivity index (χ0) is 16.1. The van der Waals surface area contributed by atoms with E-state index in [-0.39, 0.29) is 17.9 Å². The third kappa shape index (κ3) is 4.40. The van der Waals surface area contributed by atoms with Crippen LogP contribution in [0.15, 0.2) is 29.2 Å². The zero-order valence-corrected chi connectivity index (χ0v) is 13.6. The first-order valence-electron chi connectivity index (χ1n) is 7.33. The zero-order valence-electron chi connectivity index (χ0n) is 12.7. The molecule has 1 aliphatic rings. The van der Waals surface area contributed by atoms with Crippen molar-refractivity contribution in [3.05, 3.63) is 24.3 Å². The monoisotopic (exact) mass is 323 g/mol. The van der Waals surface area contributed by atoms with Gasteiger partial charge in [0, 0.05) is 10.9 Å². The number of benzene rings is 1. The Balaban J connectivity index is 1.83. The van der Waals surface area contributed by atoms with Crippen LogP contribution in [0.5, 0.6) is 5.75 Å². The molecule has 2 N–H and O–H groups in total. The highest BCUT2D eigenvalue weighted by atomic mass is 32.2. The molecular formula is C16H21NO4S. The average Bonchev–Trinajstić information content (AvgIpc) is 2.96. The molecule has 0 aromatic heterocycles. The van der Waals surface area contributed by atoms with Crippen molar-refractivity contribution in [1.82, 2.24) is 5.32 Å². The van der Waals surface area contributed by atoms with Gasteiger partial charge < -0.3 is 15.2 Å². The number of nitrogens with one attached hydrogen (secondary N) is 1. The third-order valence-electron chi connectivity index (χ3n) is 3.87. The Hall–Kier alpha value is -1.69. The lowest BCUT2D eigenvalue weighted by molar-refractivity contribution is -0.141. The van der Waals surface area contributed by atoms with Gasteiger partial charge in [-0.05, 0) is 56.7 Å². The summed E-state index contributed by atoms with van der Waals surface area (Å²) in [5, 5.41) is 11.8. The van der Waals surface area contributed by atoms with Crippen molar-refractivity contribution < 1.29 is 19.4 Å². The molecule has 5 nitrogen and oxygen atoms in total. The number of carboxylic acids is 1. The van der Waals surface area contributed by atoms with Gasteiger partial charge in [-0.1, -0.05) is 0 Å². The molecule has 1 amide bonds. The smallest absolute Gasteiger partial charge is 0.306 e. The molecule has 0 aliphatic heterocycles. The van der Waals surface area contributed by atoms with Crippen LogP contribution in [0.25, 0.3) is 0 Å². The summed E-state index contributed by atoms with van der Waals surface area (Å²) in [5.74, 6) is -0.684. The molecule has 22 heavy (non-hydrogen) atoms. The second-order valence-corrected chi connectivity index (χ2v) is 6.37. The van der Waals surface area contributed by atoms with Crippen molar-refractivity contribution in [2.75, 3.05) is 6.26 Å². The molecule has 1 aliphatic carbocycles. The van der Waals surface area contributed by atoms with Gasteiger partial charge in [0.1, 0.15) is 5.75 Å². The molecule has 1 saturated carbocycles. The highest BCUT2D eigenvalue weighted by molar-refractivity contribution is 7.98. The van der Waals surface area contributed by atoms with Gasteiger partial charge in [-0.3, -0.25) is 9.59 Å². The maximum absolute atomic E-state index is 12.1. The molecule has 1 fully saturated rings. The molecule has 3 atom stereocenters. The quantitative estimate of drug-likeness (QED) is 0.787. The van der Waals surface area contributed by atoms with Gasteiger partial charge in [0.2, 0.25) is 0 Å². The number of hydrogen-bond donors (Lipinski definition) is 2. The van der Waals surface area contributed by atoms with E-state index < -0.39 is 12.1 Å². The first-order chi connectivity index (χ1) is 10.5. The minimum Gasteiger partial charge on any atom is -0.481 e. The van der Waals surface area contributed by atoms with Crippen LogP contribution in [-0.2, 0) is 9.59 Å². The Morgan fingerprint density at radius 2 is 2.00 bits per heavy atom. The molecule has 2 rings (SSSR count). The van der Waals surface area contributed by atoms with E-state index in [0.717, 1.165) is 4.90 Å². The fourth-order valence-corrected chi connectivity index (χ4v) is 2.98. The van der Waals surface area contributed by atoms with Gasteiger partial charge in [0.05, 0.1) is 5.92 Å². The van der Waals surface area contributed by atoms with Gasteiger partial charge in [0.25, 0.3) is 5.91 Å². The van der Waals surface area contributed by atoms with E-state index in [2.05, 4.69) is 5.32 Å². The summed E-state index contributed by atoms with van der Waals surface area (Å²) in [6.07, 6.45) is 3.21. The number of rotatable bonds is 6. The summed E-state index contributed by atoms with van der Waals surface area (Å²) in [5.41, 5.74) is 0. The number of thioether (sulfide) groups is 1. The first-order valence-corrected chi connectivity index (χ1v) is 8.56. The lowest BCUT2D eigenvalue weighted by atomic mass is 10.1. The highest BCUT2D eigenvalue weighted by Crippen LogP contribution is 2.26. The molecule has 0 radical (unpaired) electrons. The van der Waals surface area contributed by atoms with Crippen molar-refractivity contribution in [1.29, 1.82) is 0 Å². The van der Waals surface area contributed by atoms with Crippen LogP contribution in [0.3, 0.4) is 0 Å². The molecule has 0 bridgehead atoms. The molecule has 0 saturated heterocycles. The summed E-state index contributed by atoms with van der Waals surface area (Å²) in [4.78, 5) is 24.2. The SMILES string of the molecule is CSc1ccc(OC(C)C(=O)N[C@H]2CC[C@@H](C(=O)O)C2)cc1. The molecule has 1 aromatic rings. The fraction of sp³-hybridized carbons (Fsp3) is 0.500. The maximum Gasteiger partial charge on any atom is 0.306 e. The molecule has 1 aromatic carbocycles. The van der Waals surface area contributed by atoms with Gasteiger partial charge >= 0.3 is 5.97 Å². The Bertz CT molecular complexity index is 531. The van der Waals surface area contributed by atoms with E-state index in [1.807, 2.05) is 30.5 Å². The number of aliphatic carboxylic acids is 1. The van der Waals surface area contributed by atoms with Crippen LogP contribution >= 0.6 is 11.8 Å². The van der Waals surface area contributed by atoms with Gasteiger partial charge in [0.15, 0.2) is 6.10 Å². The summed E-state index contributed by atoms with van der Waals surface area (Å²) in [6.45, 7) is 1.70. The van der Waals surface area contributed by atoms with Crippen LogP contribution in [0.1, 0.15) is 26.2 Å². The Kier molecular flexibility index (Phi) is 5.71. The van der Waals surface area contributed by atoms with Crippen LogP contribution in [0.4, 0.5) is 0 Å². The molecule has 0 heterocycles. The van der Waals surface area contributed by atoms with Crippen LogP contribution in [-0.4, -0.2) is 35.4 Å². The summed E-state index contributed by atoms with van der Waals surface area (Å²) in [7, 11) is 0. The largest absolute Gasteiger partial charge is 0.481 e.